The molecule has 4 rings (SSSR count). The Morgan fingerprint density at radius 1 is 1.11 bits per heavy atom. The van der Waals surface area contributed by atoms with Crippen molar-refractivity contribution in [2.45, 2.75) is 96.6 Å². The molecule has 2 saturated carbocycles. The van der Waals surface area contributed by atoms with Crippen LogP contribution in [-0.4, -0.2) is 46.6 Å². The smallest absolute Gasteiger partial charge is 0.348 e. The van der Waals surface area contributed by atoms with Crippen molar-refractivity contribution in [3.8, 4) is 0 Å². The number of carbonyl (C=O) groups is 2. The number of aliphatic hydroxyl groups excluding tert-OH is 1. The van der Waals surface area contributed by atoms with Gasteiger partial charge in [0, 0.05) is 23.3 Å². The number of allylic oxidation sites excluding steroid dienone is 2. The molecule has 0 aliphatic heterocycles. The van der Waals surface area contributed by atoms with Gasteiger partial charge in [0.25, 0.3) is 0 Å². The lowest BCUT2D eigenvalue weighted by Gasteiger charge is -2.38. The highest BCUT2D eigenvalue weighted by atomic mass is 32.1. The Balaban J connectivity index is 1.66. The van der Waals surface area contributed by atoms with E-state index in [9.17, 15) is 19.8 Å². The van der Waals surface area contributed by atoms with Gasteiger partial charge >= 0.3 is 5.97 Å². The molecular weight excluding hydrogens is 464 g/mol. The molecule has 3 aliphatic rings. The van der Waals surface area contributed by atoms with Crippen LogP contribution < -0.4 is 4.90 Å². The molecule has 192 valence electrons. The molecule has 0 bridgehead atoms. The molecule has 0 unspecified atom stereocenters. The van der Waals surface area contributed by atoms with Gasteiger partial charge in [-0.1, -0.05) is 18.2 Å². The van der Waals surface area contributed by atoms with Crippen molar-refractivity contribution >= 4 is 40.2 Å². The van der Waals surface area contributed by atoms with Crippen LogP contribution in [0.1, 0.15) is 99.0 Å². The van der Waals surface area contributed by atoms with Gasteiger partial charge in [-0.15, -0.1) is 11.3 Å². The van der Waals surface area contributed by atoms with Crippen LogP contribution in [0.3, 0.4) is 0 Å². The second-order valence-electron chi connectivity index (χ2n) is 10.3. The summed E-state index contributed by atoms with van der Waals surface area (Å²) in [7, 11) is 0. The number of carboxylic acids is 1. The standard InChI is InChI=1S/C27H38N2O5S/c1-3-34-28-20-10-8-18(9-11-20)24-16-23(25(35-24)27(32)33)29(21-12-14-22(30)15-13-21)26(31)19-6-4-17(2)5-7-19/h8,16-17,19,21-22,30H,3-7,9-15H2,1-2H3,(H,32,33)/b28-20+/t17-,19-,21-,22-. The fourth-order valence-corrected chi connectivity index (χ4v) is 6.63. The Kier molecular flexibility index (Phi) is 8.65. The SMILES string of the molecule is CCO/N=C1\CC=C(c2cc(N(C(=O)[C@H]3CC[C@H](C)CC3)[C@H]3CC[C@H](O)CC3)c(C(=O)O)s2)CC1. The maximum absolute atomic E-state index is 13.9. The second-order valence-corrected chi connectivity index (χ2v) is 11.3. The van der Waals surface area contributed by atoms with Crippen LogP contribution in [0.25, 0.3) is 5.57 Å². The second kappa shape index (κ2) is 11.7. The summed E-state index contributed by atoms with van der Waals surface area (Å²) in [4.78, 5) is 34.4. The molecular formula is C27H38N2O5S. The van der Waals surface area contributed by atoms with E-state index in [1.165, 1.54) is 11.3 Å². The summed E-state index contributed by atoms with van der Waals surface area (Å²) in [5.41, 5.74) is 2.64. The average Bonchev–Trinajstić information content (AvgIpc) is 3.30. The van der Waals surface area contributed by atoms with E-state index in [2.05, 4.69) is 18.2 Å². The number of hydrogen-bond acceptors (Lipinski definition) is 6. The van der Waals surface area contributed by atoms with E-state index < -0.39 is 5.97 Å². The Bertz CT molecular complexity index is 968. The Labute approximate surface area is 211 Å². The molecule has 3 aliphatic carbocycles. The minimum absolute atomic E-state index is 0.0609. The van der Waals surface area contributed by atoms with Gasteiger partial charge in [0.05, 0.1) is 17.5 Å². The lowest BCUT2D eigenvalue weighted by atomic mass is 9.81. The highest BCUT2D eigenvalue weighted by Crippen LogP contribution is 2.42. The number of oxime groups is 1. The average molecular weight is 503 g/mol. The van der Waals surface area contributed by atoms with Crippen LogP contribution >= 0.6 is 11.3 Å². The van der Waals surface area contributed by atoms with Crippen LogP contribution in [0, 0.1) is 11.8 Å². The molecule has 8 heteroatoms. The maximum Gasteiger partial charge on any atom is 0.348 e. The monoisotopic (exact) mass is 502 g/mol. The van der Waals surface area contributed by atoms with Gasteiger partial charge in [0.1, 0.15) is 11.5 Å². The predicted molar refractivity (Wildman–Crippen MR) is 139 cm³/mol. The number of amides is 1. The first-order valence-corrected chi connectivity index (χ1v) is 13.9. The number of thiophene rings is 1. The number of carboxylic acid groups (broad SMARTS) is 1. The quantitative estimate of drug-likeness (QED) is 0.454. The third-order valence-electron chi connectivity index (χ3n) is 7.71. The Hall–Kier alpha value is -2.19. The van der Waals surface area contributed by atoms with Crippen LogP contribution in [0.15, 0.2) is 17.3 Å². The molecule has 0 saturated heterocycles. The van der Waals surface area contributed by atoms with Crippen LogP contribution in [-0.2, 0) is 9.63 Å². The number of nitrogens with zero attached hydrogens (tertiary/aromatic N) is 2. The number of aliphatic hydroxyl groups is 1. The van der Waals surface area contributed by atoms with Crippen LogP contribution in [0.4, 0.5) is 5.69 Å². The normalized spacial score (nSPS) is 28.4. The van der Waals surface area contributed by atoms with Crippen molar-refractivity contribution < 1.29 is 24.6 Å². The zero-order valence-electron chi connectivity index (χ0n) is 20.9. The third kappa shape index (κ3) is 6.15. The first-order valence-electron chi connectivity index (χ1n) is 13.1. The van der Waals surface area contributed by atoms with Crippen molar-refractivity contribution in [2.24, 2.45) is 17.0 Å². The van der Waals surface area contributed by atoms with Gasteiger partial charge in [-0.25, -0.2) is 4.79 Å². The summed E-state index contributed by atoms with van der Waals surface area (Å²) >= 11 is 1.27. The summed E-state index contributed by atoms with van der Waals surface area (Å²) in [6.07, 6.45) is 10.5. The summed E-state index contributed by atoms with van der Waals surface area (Å²) in [6.45, 7) is 4.68. The molecule has 1 heterocycles. The number of hydrogen-bond donors (Lipinski definition) is 2. The largest absolute Gasteiger partial charge is 0.477 e. The van der Waals surface area contributed by atoms with Crippen LogP contribution in [0.5, 0.6) is 0 Å². The van der Waals surface area contributed by atoms with Gasteiger partial charge < -0.3 is 20.0 Å². The number of anilines is 1. The maximum atomic E-state index is 13.9. The minimum atomic E-state index is -0.989. The molecule has 7 nitrogen and oxygen atoms in total. The molecule has 1 aromatic heterocycles. The highest BCUT2D eigenvalue weighted by molar-refractivity contribution is 7.15. The molecule has 2 fully saturated rings. The van der Waals surface area contributed by atoms with Crippen molar-refractivity contribution in [1.82, 2.24) is 0 Å². The van der Waals surface area contributed by atoms with E-state index in [1.54, 1.807) is 0 Å². The predicted octanol–water partition coefficient (Wildman–Crippen LogP) is 5.87. The van der Waals surface area contributed by atoms with Crippen LogP contribution in [0.2, 0.25) is 0 Å². The van der Waals surface area contributed by atoms with E-state index in [4.69, 9.17) is 4.84 Å². The van der Waals surface area contributed by atoms with Gasteiger partial charge in [-0.2, -0.15) is 0 Å². The molecule has 0 radical (unpaired) electrons. The minimum Gasteiger partial charge on any atom is -0.477 e. The summed E-state index contributed by atoms with van der Waals surface area (Å²) < 4.78 is 0. The van der Waals surface area contributed by atoms with Crippen molar-refractivity contribution in [3.05, 3.63) is 21.9 Å². The molecule has 0 atom stereocenters. The fraction of sp³-hybridized carbons (Fsp3) is 0.667. The number of aromatic carboxylic acids is 1. The highest BCUT2D eigenvalue weighted by Gasteiger charge is 2.37. The Morgan fingerprint density at radius 3 is 2.43 bits per heavy atom. The third-order valence-corrected chi connectivity index (χ3v) is 8.89. The molecule has 1 aromatic rings. The van der Waals surface area contributed by atoms with E-state index in [0.29, 0.717) is 50.3 Å². The zero-order valence-corrected chi connectivity index (χ0v) is 21.7. The molecule has 1 amide bonds. The topological polar surface area (TPSA) is 99.4 Å². The molecule has 0 spiro atoms. The lowest BCUT2D eigenvalue weighted by molar-refractivity contribution is -0.124. The number of carbonyl (C=O) groups excluding carboxylic acids is 1. The first-order chi connectivity index (χ1) is 16.9. The van der Waals surface area contributed by atoms with Crippen molar-refractivity contribution in [1.29, 1.82) is 0 Å². The van der Waals surface area contributed by atoms with Crippen molar-refractivity contribution in [3.63, 3.8) is 0 Å². The molecule has 35 heavy (non-hydrogen) atoms. The van der Waals surface area contributed by atoms with E-state index >= 15 is 0 Å². The summed E-state index contributed by atoms with van der Waals surface area (Å²) in [6, 6.07) is 1.86. The van der Waals surface area contributed by atoms with E-state index in [1.807, 2.05) is 17.9 Å². The molecule has 0 aromatic carbocycles. The van der Waals surface area contributed by atoms with Gasteiger partial charge in [0.15, 0.2) is 0 Å². The van der Waals surface area contributed by atoms with Gasteiger partial charge in [-0.3, -0.25) is 4.79 Å². The lowest BCUT2D eigenvalue weighted by Crippen LogP contribution is -2.47. The van der Waals surface area contributed by atoms with E-state index in [-0.39, 0.29) is 28.8 Å². The van der Waals surface area contributed by atoms with Gasteiger partial charge in [-0.05, 0) is 88.7 Å². The Morgan fingerprint density at radius 2 is 1.83 bits per heavy atom. The summed E-state index contributed by atoms with van der Waals surface area (Å²) in [5.74, 6) is -0.352. The summed E-state index contributed by atoms with van der Waals surface area (Å²) in [5, 5.41) is 24.3. The van der Waals surface area contributed by atoms with Gasteiger partial charge in [0.2, 0.25) is 5.91 Å². The molecule has 2 N–H and O–H groups in total. The fourth-order valence-electron chi connectivity index (χ4n) is 5.57. The van der Waals surface area contributed by atoms with E-state index in [0.717, 1.165) is 54.7 Å². The number of rotatable bonds is 7. The zero-order chi connectivity index (χ0) is 24.9. The van der Waals surface area contributed by atoms with Crippen molar-refractivity contribution in [2.75, 3.05) is 11.5 Å². The first kappa shape index (κ1) is 25.9.